The number of halogens is 3. The van der Waals surface area contributed by atoms with Gasteiger partial charge in [-0.1, -0.05) is 125 Å². The summed E-state index contributed by atoms with van der Waals surface area (Å²) in [6.45, 7) is 11.8. The zero-order chi connectivity index (χ0) is 34.0. The molecule has 3 N–H and O–H groups in total. The zero-order valence-corrected chi connectivity index (χ0v) is 47.0. The fraction of sp³-hybridized carbons (Fsp3) is 0.486. The normalized spacial score (nSPS) is 13.4. The van der Waals surface area contributed by atoms with Gasteiger partial charge in [0.05, 0.1) is 13.3 Å². The topological polar surface area (TPSA) is 107 Å². The summed E-state index contributed by atoms with van der Waals surface area (Å²) in [7, 11) is 0.333. The molecule has 3 rings (SSSR count). The smallest absolute Gasteiger partial charge is 0.870 e. The van der Waals surface area contributed by atoms with Crippen LogP contribution in [0.1, 0.15) is 51.3 Å². The van der Waals surface area contributed by atoms with Crippen molar-refractivity contribution in [2.75, 3.05) is 24.3 Å². The monoisotopic (exact) mass is 1100 g/mol. The maximum atomic E-state index is 10.9. The minimum absolute atomic E-state index is 0. The van der Waals surface area contributed by atoms with E-state index in [9.17, 15) is 9.90 Å². The first-order valence-corrected chi connectivity index (χ1v) is 17.9. The number of aliphatic hydroxyl groups is 1. The predicted molar refractivity (Wildman–Crippen MR) is 200 cm³/mol. The Balaban J connectivity index is -0.000000134. The minimum atomic E-state index is -0.401. The fourth-order valence-corrected chi connectivity index (χ4v) is 5.22. The fourth-order valence-electron chi connectivity index (χ4n) is 4.24. The van der Waals surface area contributed by atoms with Gasteiger partial charge in [-0.2, -0.15) is 0 Å². The van der Waals surface area contributed by atoms with E-state index in [0.717, 1.165) is 25.1 Å². The van der Waals surface area contributed by atoms with Crippen molar-refractivity contribution in [3.63, 3.8) is 0 Å². The predicted octanol–water partition coefficient (Wildman–Crippen LogP) is 3.39. The average molecular weight is 1100 g/mol. The van der Waals surface area contributed by atoms with E-state index in [2.05, 4.69) is 68.4 Å². The van der Waals surface area contributed by atoms with E-state index >= 15 is 0 Å². The van der Waals surface area contributed by atoms with Gasteiger partial charge in [-0.05, 0) is 59.6 Å². The van der Waals surface area contributed by atoms with Crippen LogP contribution < -0.4 is 98.5 Å². The molecule has 0 spiro atoms. The van der Waals surface area contributed by atoms with Gasteiger partial charge in [-0.15, -0.1) is 44.0 Å². The van der Waals surface area contributed by atoms with E-state index in [1.165, 1.54) is 23.6 Å². The molecule has 0 saturated carbocycles. The van der Waals surface area contributed by atoms with Gasteiger partial charge in [0.1, 0.15) is 6.10 Å². The maximum absolute atomic E-state index is 10.9. The first-order chi connectivity index (χ1) is 21.5. The zero-order valence-electron chi connectivity index (χ0n) is 31.7. The van der Waals surface area contributed by atoms with E-state index in [0.29, 0.717) is 32.8 Å². The van der Waals surface area contributed by atoms with Crippen LogP contribution in [0.5, 0.6) is 0 Å². The average Bonchev–Trinajstić information content (AvgIpc) is 3.05. The Bertz CT molecular complexity index is 1070. The Kier molecular flexibility index (Phi) is 52.3. The third-order valence-electron chi connectivity index (χ3n) is 7.34. The van der Waals surface area contributed by atoms with Crippen LogP contribution in [0.25, 0.3) is 0 Å². The number of carbonyl (C=O) groups is 1. The Hall–Kier alpha value is 2.80. The van der Waals surface area contributed by atoms with Crippen LogP contribution in [0.4, 0.5) is 0 Å². The molecule has 0 heterocycles. The summed E-state index contributed by atoms with van der Waals surface area (Å²) >= 11 is 17.2. The van der Waals surface area contributed by atoms with Gasteiger partial charge in [0.25, 0.3) is 0 Å². The maximum Gasteiger partial charge on any atom is 1.00 e. The van der Waals surface area contributed by atoms with Crippen LogP contribution in [-0.4, -0.2) is 59.8 Å². The summed E-state index contributed by atoms with van der Waals surface area (Å²) < 4.78 is 11.4. The molecule has 3 aromatic carbocycles. The Labute approximate surface area is 433 Å². The van der Waals surface area contributed by atoms with E-state index in [1.807, 2.05) is 56.9 Å². The van der Waals surface area contributed by atoms with Crippen LogP contribution in [-0.2, 0) is 28.8 Å². The van der Waals surface area contributed by atoms with E-state index < -0.39 is 6.10 Å². The molecule has 0 aliphatic carbocycles. The molecule has 12 heteroatoms. The van der Waals surface area contributed by atoms with Crippen LogP contribution >= 0.6 is 44.0 Å². The number of esters is 1. The minimum Gasteiger partial charge on any atom is -0.870 e. The van der Waals surface area contributed by atoms with Gasteiger partial charge in [-0.25, -0.2) is 0 Å². The van der Waals surface area contributed by atoms with Crippen molar-refractivity contribution in [1.82, 2.24) is 0 Å². The second-order valence-electron chi connectivity index (χ2n) is 11.2. The van der Waals surface area contributed by atoms with E-state index in [-0.39, 0.29) is 177 Å². The molecule has 0 bridgehead atoms. The van der Waals surface area contributed by atoms with Crippen LogP contribution in [0.2, 0.25) is 0 Å². The van der Waals surface area contributed by atoms with Gasteiger partial charge in [0, 0.05) is 62.7 Å². The Morgan fingerprint density at radius 1 is 0.694 bits per heavy atom. The molecule has 0 aliphatic heterocycles. The molecule has 0 aromatic heterocycles. The molecule has 0 fully saturated rings. The molecule has 5 nitrogen and oxygen atoms in total. The van der Waals surface area contributed by atoms with Crippen molar-refractivity contribution in [2.24, 2.45) is 23.7 Å². The summed E-state index contributed by atoms with van der Waals surface area (Å²) in [6.07, 6.45) is 2.27. The molecule has 1 unspecified atom stereocenters. The van der Waals surface area contributed by atoms with Crippen molar-refractivity contribution in [3.8, 4) is 0 Å². The van der Waals surface area contributed by atoms with Crippen molar-refractivity contribution in [3.05, 3.63) is 108 Å². The summed E-state index contributed by atoms with van der Waals surface area (Å²) in [5.41, 5.74) is 3.89. The molecule has 0 amide bonds. The van der Waals surface area contributed by atoms with Gasteiger partial charge >= 0.3 is 104 Å². The number of ether oxygens (including phenoxy) is 1. The summed E-state index contributed by atoms with van der Waals surface area (Å²) in [5, 5.41) is 9.46. The molecule has 49 heavy (non-hydrogen) atoms. The largest absolute Gasteiger partial charge is 1.00 e. The van der Waals surface area contributed by atoms with Crippen LogP contribution in [0, 0.1) is 67.7 Å². The van der Waals surface area contributed by atoms with Crippen molar-refractivity contribution in [2.45, 2.75) is 66.1 Å². The number of aliphatic hydroxyl groups excluding tert-OH is 1. The second-order valence-corrected chi connectivity index (χ2v) is 12.1. The van der Waals surface area contributed by atoms with E-state index in [4.69, 9.17) is 40.8 Å². The summed E-state index contributed by atoms with van der Waals surface area (Å²) in [6, 6.07) is 30.9. The van der Waals surface area contributed by atoms with Gasteiger partial charge in [-0.3, -0.25) is 4.79 Å². The Morgan fingerprint density at radius 2 is 1.02 bits per heavy atom. The van der Waals surface area contributed by atoms with Gasteiger partial charge in [0.2, 0.25) is 0 Å². The van der Waals surface area contributed by atoms with Crippen molar-refractivity contribution in [1.29, 1.82) is 1.28 Å². The number of carbonyl (C=O) groups excluding carboxylic acids is 1. The molecule has 0 saturated heterocycles. The number of hydrogen-bond acceptors (Lipinski definition) is 5. The number of hydrogen-bond donors (Lipinski definition) is 1. The van der Waals surface area contributed by atoms with Gasteiger partial charge in [0.15, 0.2) is 0 Å². The van der Waals surface area contributed by atoms with Crippen LogP contribution in [0.15, 0.2) is 91.0 Å². The molecule has 265 valence electrons. The molecule has 0 aliphatic rings. The SMILES string of the molecule is CC(=O)O[C@@H](CCl)[C@@H](C)Cc1ccccc1.C[C@@H](Cc1ccccc1)[C@H](O)CCl.C[C@H](CCl)[C@@H](C)Cc1ccccc1.[3H]PC.[Ac].[Cs+].[Na+].[OH-].[OH-]. The number of benzene rings is 3. The molecule has 7 atom stereocenters. The third-order valence-corrected chi connectivity index (χ3v) is 8.44. The summed E-state index contributed by atoms with van der Waals surface area (Å²) in [5.74, 6) is 2.85. The quantitative estimate of drug-likeness (QED) is 0.123. The van der Waals surface area contributed by atoms with E-state index in [1.54, 1.807) is 0 Å². The van der Waals surface area contributed by atoms with Crippen LogP contribution in [0.3, 0.4) is 0 Å². The van der Waals surface area contributed by atoms with Crippen molar-refractivity contribution < 1.29 is 168 Å². The standard InChI is InChI=1S/C13H17ClO2.C12H17Cl.C11H15ClO.CH5P.Ac.Cs.Na.2H2O/c1-10(13(9-14)16-11(2)15)8-12-6-4-3-5-7-12;1-10(11(2)9-13)8-12-6-4-3-5-7-12;1-9(11(13)8-12)7-10-5-3-2-4-6-10;1-2;;;;;/h3-7,10,13H,8-9H2,1-2H3;3-7,10-11H,8-9H2,1-2H3;2-6,9,11,13H,7-8H2,1H3;2H2,1H3;;;;2*1H2/q;;;;;2*+1;;/p-2/t10-,13-;10-,11+;9-,11+;;;;;;/m000....../s1/i;;;2T;;;;;. The first-order valence-electron chi connectivity index (χ1n) is 15.8. The Morgan fingerprint density at radius 3 is 1.31 bits per heavy atom. The second kappa shape index (κ2) is 42.0. The third kappa shape index (κ3) is 32.7. The number of rotatable bonds is 13. The molecular formula is C37H56AcCl3CsNaO5P. The van der Waals surface area contributed by atoms with Crippen molar-refractivity contribution >= 4 is 50.0 Å². The molecule has 1 radical (unpaired) electrons. The molecular weight excluding hydrogens is 1040 g/mol. The first kappa shape index (κ1) is 61.0. The number of alkyl halides is 3. The molecule has 3 aromatic rings. The van der Waals surface area contributed by atoms with Gasteiger partial charge < -0.3 is 20.8 Å². The summed E-state index contributed by atoms with van der Waals surface area (Å²) in [4.78, 5) is 10.9.